The van der Waals surface area contributed by atoms with Crippen molar-refractivity contribution in [2.45, 2.75) is 25.4 Å². The Morgan fingerprint density at radius 3 is 2.95 bits per heavy atom. The van der Waals surface area contributed by atoms with Gasteiger partial charge < -0.3 is 10.3 Å². The lowest BCUT2D eigenvalue weighted by molar-refractivity contribution is 0.196. The molecule has 3 rings (SSSR count). The summed E-state index contributed by atoms with van der Waals surface area (Å²) in [6, 6.07) is 12.4. The Bertz CT molecular complexity index is 523. The lowest BCUT2D eigenvalue weighted by atomic mass is 10.1. The Balaban J connectivity index is 1.68. The molecular formula is C15H19N3O. The van der Waals surface area contributed by atoms with Crippen molar-refractivity contribution in [1.29, 1.82) is 0 Å². The first-order valence-electron chi connectivity index (χ1n) is 6.80. The van der Waals surface area contributed by atoms with Gasteiger partial charge in [0, 0.05) is 30.8 Å². The van der Waals surface area contributed by atoms with Crippen LogP contribution in [0.25, 0.3) is 11.3 Å². The molecule has 0 radical (unpaired) electrons. The molecule has 4 nitrogen and oxygen atoms in total. The number of hydrogen-bond donors (Lipinski definition) is 1. The summed E-state index contributed by atoms with van der Waals surface area (Å²) in [6.07, 6.45) is 2.30. The second-order valence-electron chi connectivity index (χ2n) is 5.19. The molecule has 0 amide bonds. The zero-order valence-corrected chi connectivity index (χ0v) is 11.0. The molecule has 100 valence electrons. The van der Waals surface area contributed by atoms with Crippen LogP contribution in [0.3, 0.4) is 0 Å². The molecule has 1 aromatic carbocycles. The topological polar surface area (TPSA) is 55.3 Å². The molecule has 0 aliphatic carbocycles. The zero-order chi connectivity index (χ0) is 13.1. The summed E-state index contributed by atoms with van der Waals surface area (Å²) in [5, 5.41) is 4.15. The molecule has 2 aromatic rings. The maximum atomic E-state index is 5.99. The standard InChI is InChI=1S/C15H19N3O/c16-13-7-4-8-18(10-13)11-14-9-15(19-17-14)12-5-2-1-3-6-12/h1-3,5-6,9,13H,4,7-8,10-11,16H2/t13-/m1/s1. The maximum absolute atomic E-state index is 5.99. The van der Waals surface area contributed by atoms with E-state index >= 15 is 0 Å². The Kier molecular flexibility index (Phi) is 3.62. The SMILES string of the molecule is N[C@@H]1CCCN(Cc2cc(-c3ccccc3)on2)C1. The number of likely N-dealkylation sites (tertiary alicyclic amines) is 1. The lowest BCUT2D eigenvalue weighted by Crippen LogP contribution is -2.42. The molecule has 1 saturated heterocycles. The highest BCUT2D eigenvalue weighted by Crippen LogP contribution is 2.21. The average Bonchev–Trinajstić information content (AvgIpc) is 2.88. The van der Waals surface area contributed by atoms with Crippen molar-refractivity contribution in [2.75, 3.05) is 13.1 Å². The van der Waals surface area contributed by atoms with E-state index in [9.17, 15) is 0 Å². The first-order valence-corrected chi connectivity index (χ1v) is 6.80. The zero-order valence-electron chi connectivity index (χ0n) is 11.0. The predicted molar refractivity (Wildman–Crippen MR) is 74.4 cm³/mol. The lowest BCUT2D eigenvalue weighted by Gasteiger charge is -2.29. The van der Waals surface area contributed by atoms with Crippen molar-refractivity contribution in [3.63, 3.8) is 0 Å². The van der Waals surface area contributed by atoms with Gasteiger partial charge in [0.2, 0.25) is 0 Å². The highest BCUT2D eigenvalue weighted by atomic mass is 16.5. The number of nitrogens with two attached hydrogens (primary N) is 1. The minimum atomic E-state index is 0.300. The minimum Gasteiger partial charge on any atom is -0.356 e. The number of nitrogens with zero attached hydrogens (tertiary/aromatic N) is 2. The van der Waals surface area contributed by atoms with E-state index in [2.05, 4.69) is 10.1 Å². The molecule has 0 bridgehead atoms. The fourth-order valence-corrected chi connectivity index (χ4v) is 2.59. The van der Waals surface area contributed by atoms with Crippen LogP contribution in [0.5, 0.6) is 0 Å². The summed E-state index contributed by atoms with van der Waals surface area (Å²) >= 11 is 0. The molecule has 1 aromatic heterocycles. The normalized spacial score (nSPS) is 20.6. The molecule has 0 unspecified atom stereocenters. The minimum absolute atomic E-state index is 0.300. The van der Waals surface area contributed by atoms with E-state index in [0.717, 1.165) is 43.1 Å². The van der Waals surface area contributed by atoms with Gasteiger partial charge in [-0.3, -0.25) is 4.90 Å². The Morgan fingerprint density at radius 1 is 1.32 bits per heavy atom. The van der Waals surface area contributed by atoms with E-state index in [1.165, 1.54) is 6.42 Å². The summed E-state index contributed by atoms with van der Waals surface area (Å²) in [5.41, 5.74) is 8.04. The van der Waals surface area contributed by atoms with Crippen LogP contribution in [0.4, 0.5) is 0 Å². The van der Waals surface area contributed by atoms with E-state index < -0.39 is 0 Å². The number of aromatic nitrogens is 1. The van der Waals surface area contributed by atoms with Crippen LogP contribution in [0, 0.1) is 0 Å². The van der Waals surface area contributed by atoms with Gasteiger partial charge in [0.1, 0.15) is 0 Å². The monoisotopic (exact) mass is 257 g/mol. The Hall–Kier alpha value is -1.65. The number of piperidine rings is 1. The number of rotatable bonds is 3. The van der Waals surface area contributed by atoms with Crippen molar-refractivity contribution in [2.24, 2.45) is 5.73 Å². The fraction of sp³-hybridized carbons (Fsp3) is 0.400. The summed E-state index contributed by atoms with van der Waals surface area (Å²) in [6.45, 7) is 2.87. The second-order valence-corrected chi connectivity index (χ2v) is 5.19. The third kappa shape index (κ3) is 3.03. The smallest absolute Gasteiger partial charge is 0.167 e. The van der Waals surface area contributed by atoms with Crippen molar-refractivity contribution in [1.82, 2.24) is 10.1 Å². The first-order chi connectivity index (χ1) is 9.31. The van der Waals surface area contributed by atoms with Gasteiger partial charge in [-0.15, -0.1) is 0 Å². The van der Waals surface area contributed by atoms with E-state index in [1.54, 1.807) is 0 Å². The van der Waals surface area contributed by atoms with Crippen LogP contribution in [-0.2, 0) is 6.54 Å². The molecule has 0 spiro atoms. The van der Waals surface area contributed by atoms with Crippen molar-refractivity contribution < 1.29 is 4.52 Å². The highest BCUT2D eigenvalue weighted by molar-refractivity contribution is 5.56. The summed E-state index contributed by atoms with van der Waals surface area (Å²) in [7, 11) is 0. The second kappa shape index (κ2) is 5.55. The van der Waals surface area contributed by atoms with Crippen LogP contribution in [0.1, 0.15) is 18.5 Å². The van der Waals surface area contributed by atoms with Crippen LogP contribution in [0.15, 0.2) is 40.9 Å². The molecule has 4 heteroatoms. The largest absolute Gasteiger partial charge is 0.356 e. The van der Waals surface area contributed by atoms with Gasteiger partial charge in [-0.1, -0.05) is 35.5 Å². The molecular weight excluding hydrogens is 238 g/mol. The fourth-order valence-electron chi connectivity index (χ4n) is 2.59. The van der Waals surface area contributed by atoms with Gasteiger partial charge in [0.15, 0.2) is 5.76 Å². The van der Waals surface area contributed by atoms with Crippen LogP contribution in [-0.4, -0.2) is 29.2 Å². The number of benzene rings is 1. The van der Waals surface area contributed by atoms with Crippen LogP contribution >= 0.6 is 0 Å². The third-order valence-electron chi connectivity index (χ3n) is 3.54. The summed E-state index contributed by atoms with van der Waals surface area (Å²) in [5.74, 6) is 0.830. The van der Waals surface area contributed by atoms with Gasteiger partial charge >= 0.3 is 0 Å². The molecule has 19 heavy (non-hydrogen) atoms. The van der Waals surface area contributed by atoms with E-state index in [4.69, 9.17) is 10.3 Å². The van der Waals surface area contributed by atoms with E-state index in [0.29, 0.717) is 6.04 Å². The molecule has 1 aliphatic heterocycles. The predicted octanol–water partition coefficient (Wildman–Crippen LogP) is 2.26. The molecule has 2 heterocycles. The average molecular weight is 257 g/mol. The highest BCUT2D eigenvalue weighted by Gasteiger charge is 2.18. The van der Waals surface area contributed by atoms with E-state index in [-0.39, 0.29) is 0 Å². The van der Waals surface area contributed by atoms with Crippen LogP contribution in [0.2, 0.25) is 0 Å². The molecule has 0 saturated carbocycles. The third-order valence-corrected chi connectivity index (χ3v) is 3.54. The number of hydrogen-bond acceptors (Lipinski definition) is 4. The van der Waals surface area contributed by atoms with Gasteiger partial charge in [-0.05, 0) is 19.4 Å². The summed E-state index contributed by atoms with van der Waals surface area (Å²) in [4.78, 5) is 2.35. The molecule has 1 fully saturated rings. The molecule has 1 aliphatic rings. The van der Waals surface area contributed by atoms with Gasteiger partial charge in [-0.25, -0.2) is 0 Å². The van der Waals surface area contributed by atoms with Crippen molar-refractivity contribution in [3.05, 3.63) is 42.1 Å². The Labute approximate surface area is 113 Å². The van der Waals surface area contributed by atoms with Crippen molar-refractivity contribution in [3.8, 4) is 11.3 Å². The van der Waals surface area contributed by atoms with Gasteiger partial charge in [0.25, 0.3) is 0 Å². The maximum Gasteiger partial charge on any atom is 0.167 e. The van der Waals surface area contributed by atoms with Crippen molar-refractivity contribution >= 4 is 0 Å². The van der Waals surface area contributed by atoms with Gasteiger partial charge in [0.05, 0.1) is 5.69 Å². The molecule has 2 N–H and O–H groups in total. The Morgan fingerprint density at radius 2 is 2.16 bits per heavy atom. The molecule has 1 atom stereocenters. The summed E-state index contributed by atoms with van der Waals surface area (Å²) < 4.78 is 5.41. The van der Waals surface area contributed by atoms with Gasteiger partial charge in [-0.2, -0.15) is 0 Å². The van der Waals surface area contributed by atoms with Crippen LogP contribution < -0.4 is 5.73 Å². The van der Waals surface area contributed by atoms with E-state index in [1.807, 2.05) is 36.4 Å². The quantitative estimate of drug-likeness (QED) is 0.916. The first kappa shape index (κ1) is 12.4.